The number of imidazole rings is 1. The molecule has 12 heteroatoms. The van der Waals surface area contributed by atoms with E-state index in [-0.39, 0.29) is 29.9 Å². The summed E-state index contributed by atoms with van der Waals surface area (Å²) in [5.74, 6) is 0.208. The molecule has 2 unspecified atom stereocenters. The van der Waals surface area contributed by atoms with Crippen LogP contribution in [0.15, 0.2) is 47.8 Å². The number of hydrogen-bond acceptors (Lipinski definition) is 8. The Hall–Kier alpha value is -3.51. The fourth-order valence-electron chi connectivity index (χ4n) is 4.93. The van der Waals surface area contributed by atoms with Gasteiger partial charge in [-0.2, -0.15) is 4.72 Å². The number of aryl methyl sites for hydroxylation is 1. The highest BCUT2D eigenvalue weighted by molar-refractivity contribution is 7.89. The van der Waals surface area contributed by atoms with E-state index >= 15 is 0 Å². The quantitative estimate of drug-likeness (QED) is 0.241. The zero-order valence-corrected chi connectivity index (χ0v) is 23.3. The number of H-pyrrole nitrogens is 1. The number of piperidine rings is 1. The van der Waals surface area contributed by atoms with Crippen molar-refractivity contribution in [1.82, 2.24) is 24.6 Å². The maximum Gasteiger partial charge on any atom is 0.302 e. The molecule has 11 nitrogen and oxygen atoms in total. The van der Waals surface area contributed by atoms with E-state index in [0.717, 1.165) is 12.0 Å². The van der Waals surface area contributed by atoms with E-state index < -0.39 is 22.0 Å². The summed E-state index contributed by atoms with van der Waals surface area (Å²) in [7, 11) is -4.10. The van der Waals surface area contributed by atoms with Gasteiger partial charge in [0.15, 0.2) is 5.95 Å². The molecule has 0 saturated carbocycles. The number of ether oxygens (including phenoxy) is 1. The molecule has 3 aromatic rings. The van der Waals surface area contributed by atoms with E-state index in [0.29, 0.717) is 48.7 Å². The molecule has 1 fully saturated rings. The van der Waals surface area contributed by atoms with Gasteiger partial charge in [-0.3, -0.25) is 14.6 Å². The summed E-state index contributed by atoms with van der Waals surface area (Å²) in [5, 5.41) is 3.84. The molecule has 1 saturated heterocycles. The number of esters is 1. The lowest BCUT2D eigenvalue weighted by Crippen LogP contribution is -2.55. The summed E-state index contributed by atoms with van der Waals surface area (Å²) >= 11 is 0. The van der Waals surface area contributed by atoms with E-state index in [1.807, 2.05) is 19.1 Å². The number of anilines is 1. The zero-order valence-electron chi connectivity index (χ0n) is 22.5. The second-order valence-corrected chi connectivity index (χ2v) is 11.8. The van der Waals surface area contributed by atoms with Crippen molar-refractivity contribution in [2.24, 2.45) is 5.92 Å². The van der Waals surface area contributed by atoms with Gasteiger partial charge in [-0.1, -0.05) is 19.1 Å². The lowest BCUT2D eigenvalue weighted by Gasteiger charge is -2.40. The maximum absolute atomic E-state index is 13.9. The SMILES string of the molecule is CC(=O)OCC1CC(C)CCN1C(=O)[C@H](CCCNc1ncc[nH]1)NS(=O)(=O)c1cccc2cc(C)cnc12. The Morgan fingerprint density at radius 1 is 1.28 bits per heavy atom. The molecule has 3 atom stereocenters. The van der Waals surface area contributed by atoms with Gasteiger partial charge in [-0.25, -0.2) is 13.4 Å². The van der Waals surface area contributed by atoms with Gasteiger partial charge in [0.2, 0.25) is 15.9 Å². The third-order valence-corrected chi connectivity index (χ3v) is 8.40. The summed E-state index contributed by atoms with van der Waals surface area (Å²) in [5.41, 5.74) is 1.26. The molecule has 0 aliphatic carbocycles. The molecule has 0 spiro atoms. The second-order valence-electron chi connectivity index (χ2n) is 10.1. The molecule has 0 radical (unpaired) electrons. The molecule has 1 aromatic carbocycles. The number of sulfonamides is 1. The lowest BCUT2D eigenvalue weighted by molar-refractivity contribution is -0.148. The van der Waals surface area contributed by atoms with Gasteiger partial charge in [0.1, 0.15) is 17.5 Å². The van der Waals surface area contributed by atoms with Gasteiger partial charge in [-0.05, 0) is 56.2 Å². The molecule has 39 heavy (non-hydrogen) atoms. The zero-order chi connectivity index (χ0) is 28.0. The van der Waals surface area contributed by atoms with Crippen LogP contribution in [0.4, 0.5) is 5.95 Å². The Morgan fingerprint density at radius 2 is 2.10 bits per heavy atom. The summed E-state index contributed by atoms with van der Waals surface area (Å²) < 4.78 is 35.3. The number of pyridine rings is 1. The van der Waals surface area contributed by atoms with Gasteiger partial charge in [0.25, 0.3) is 0 Å². The fraction of sp³-hybridized carbons (Fsp3) is 0.481. The smallest absolute Gasteiger partial charge is 0.302 e. The maximum atomic E-state index is 13.9. The number of hydrogen-bond donors (Lipinski definition) is 3. The number of nitrogens with one attached hydrogen (secondary N) is 3. The first-order valence-electron chi connectivity index (χ1n) is 13.2. The van der Waals surface area contributed by atoms with Crippen LogP contribution in [-0.4, -0.2) is 71.9 Å². The van der Waals surface area contributed by atoms with Gasteiger partial charge in [0.05, 0.1) is 11.6 Å². The van der Waals surface area contributed by atoms with Crippen LogP contribution < -0.4 is 10.0 Å². The predicted molar refractivity (Wildman–Crippen MR) is 147 cm³/mol. The standard InChI is InChI=1S/C27H36N6O5S/c1-18-9-13-33(22(15-18)17-38-20(3)34)26(35)23(7-5-10-28-27-29-11-12-30-27)32-39(36,37)24-8-4-6-21-14-19(2)16-31-25(21)24/h4,6,8,11-12,14,16,18,22-23,32H,5,7,9-10,13,15,17H2,1-3H3,(H2,28,29,30)/t18?,22?,23-/m0/s1. The number of carbonyl (C=O) groups is 2. The predicted octanol–water partition coefficient (Wildman–Crippen LogP) is 3.00. The number of likely N-dealkylation sites (tertiary alicyclic amines) is 1. The summed E-state index contributed by atoms with van der Waals surface area (Å²) in [6.45, 7) is 6.35. The molecule has 0 bridgehead atoms. The van der Waals surface area contributed by atoms with Crippen molar-refractivity contribution < 1.29 is 22.7 Å². The van der Waals surface area contributed by atoms with Crippen molar-refractivity contribution in [3.63, 3.8) is 0 Å². The summed E-state index contributed by atoms with van der Waals surface area (Å²) in [6, 6.07) is 5.52. The molecule has 3 N–H and O–H groups in total. The minimum Gasteiger partial charge on any atom is -0.464 e. The second kappa shape index (κ2) is 12.6. The van der Waals surface area contributed by atoms with Crippen molar-refractivity contribution in [3.8, 4) is 0 Å². The molecular weight excluding hydrogens is 520 g/mol. The molecule has 1 aliphatic heterocycles. The molecule has 2 aromatic heterocycles. The van der Waals surface area contributed by atoms with Gasteiger partial charge in [-0.15, -0.1) is 0 Å². The van der Waals surface area contributed by atoms with E-state index in [2.05, 4.69) is 31.9 Å². The number of benzene rings is 1. The molecule has 210 valence electrons. The number of amides is 1. The highest BCUT2D eigenvalue weighted by Crippen LogP contribution is 2.26. The van der Waals surface area contributed by atoms with E-state index in [1.165, 1.54) is 13.0 Å². The van der Waals surface area contributed by atoms with Crippen LogP contribution in [0.5, 0.6) is 0 Å². The molecule has 1 aliphatic rings. The first kappa shape index (κ1) is 28.5. The normalized spacial score (nSPS) is 18.6. The van der Waals surface area contributed by atoms with Crippen LogP contribution in [0.2, 0.25) is 0 Å². The lowest BCUT2D eigenvalue weighted by atomic mass is 9.92. The van der Waals surface area contributed by atoms with Crippen molar-refractivity contribution in [2.45, 2.75) is 63.4 Å². The fourth-order valence-corrected chi connectivity index (χ4v) is 6.33. The number of fused-ring (bicyclic) bond motifs is 1. The number of aromatic nitrogens is 3. The van der Waals surface area contributed by atoms with Crippen molar-refractivity contribution in [3.05, 3.63) is 48.4 Å². The highest BCUT2D eigenvalue weighted by Gasteiger charge is 2.36. The van der Waals surface area contributed by atoms with Crippen molar-refractivity contribution >= 4 is 38.8 Å². The van der Waals surface area contributed by atoms with Crippen LogP contribution in [0.25, 0.3) is 10.9 Å². The van der Waals surface area contributed by atoms with Crippen molar-refractivity contribution in [2.75, 3.05) is 25.0 Å². The summed E-state index contributed by atoms with van der Waals surface area (Å²) in [4.78, 5) is 38.5. The highest BCUT2D eigenvalue weighted by atomic mass is 32.2. The van der Waals surface area contributed by atoms with Crippen LogP contribution >= 0.6 is 0 Å². The summed E-state index contributed by atoms with van der Waals surface area (Å²) in [6.07, 6.45) is 7.17. The topological polar surface area (TPSA) is 146 Å². The first-order chi connectivity index (χ1) is 18.6. The minimum absolute atomic E-state index is 0.0234. The molecular formula is C27H36N6O5S. The average molecular weight is 557 g/mol. The van der Waals surface area contributed by atoms with E-state index in [1.54, 1.807) is 29.6 Å². The van der Waals surface area contributed by atoms with Crippen LogP contribution in [-0.2, 0) is 24.3 Å². The van der Waals surface area contributed by atoms with Gasteiger partial charge >= 0.3 is 5.97 Å². The van der Waals surface area contributed by atoms with E-state index in [9.17, 15) is 18.0 Å². The largest absolute Gasteiger partial charge is 0.464 e. The molecule has 4 rings (SSSR count). The van der Waals surface area contributed by atoms with Crippen LogP contribution in [0, 0.1) is 12.8 Å². The number of aromatic amines is 1. The molecule has 3 heterocycles. The monoisotopic (exact) mass is 556 g/mol. The number of carbonyl (C=O) groups excluding carboxylic acids is 2. The van der Waals surface area contributed by atoms with Crippen LogP contribution in [0.1, 0.15) is 45.1 Å². The Balaban J connectivity index is 1.58. The van der Waals surface area contributed by atoms with E-state index in [4.69, 9.17) is 4.74 Å². The van der Waals surface area contributed by atoms with Crippen molar-refractivity contribution in [1.29, 1.82) is 0 Å². The number of nitrogens with zero attached hydrogens (tertiary/aromatic N) is 3. The Bertz CT molecular complexity index is 1390. The Labute approximate surface area is 228 Å². The van der Waals surface area contributed by atoms with Crippen LogP contribution in [0.3, 0.4) is 0 Å². The third kappa shape index (κ3) is 7.33. The Kier molecular flexibility index (Phi) is 9.18. The average Bonchev–Trinajstić information content (AvgIpc) is 3.42. The third-order valence-electron chi connectivity index (χ3n) is 6.90. The molecule has 1 amide bonds. The van der Waals surface area contributed by atoms with Gasteiger partial charge < -0.3 is 19.9 Å². The number of rotatable bonds is 11. The minimum atomic E-state index is -4.10. The Morgan fingerprint density at radius 3 is 2.85 bits per heavy atom. The number of para-hydroxylation sites is 1. The first-order valence-corrected chi connectivity index (χ1v) is 14.7. The van der Waals surface area contributed by atoms with Gasteiger partial charge in [0, 0.05) is 44.0 Å².